The number of hydrogen-bond acceptors (Lipinski definition) is 2. The Hall–Kier alpha value is -1.02. The molecule has 0 spiro atoms. The van der Waals surface area contributed by atoms with E-state index in [1.807, 2.05) is 12.1 Å². The second-order valence-corrected chi connectivity index (χ2v) is 5.55. The molecule has 2 aliphatic rings. The minimum absolute atomic E-state index is 0.500. The SMILES string of the molecule is Oc1cccc2c1CCC(CC1CCCN1)C2. The predicted molar refractivity (Wildman–Crippen MR) is 69.3 cm³/mol. The summed E-state index contributed by atoms with van der Waals surface area (Å²) in [7, 11) is 0. The minimum atomic E-state index is 0.500. The van der Waals surface area contributed by atoms with Crippen molar-refractivity contribution in [1.82, 2.24) is 5.32 Å². The maximum absolute atomic E-state index is 9.81. The molecule has 2 heteroatoms. The molecule has 0 radical (unpaired) electrons. The summed E-state index contributed by atoms with van der Waals surface area (Å²) in [5, 5.41) is 13.4. The highest BCUT2D eigenvalue weighted by molar-refractivity contribution is 5.40. The van der Waals surface area contributed by atoms with Gasteiger partial charge >= 0.3 is 0 Å². The van der Waals surface area contributed by atoms with Crippen molar-refractivity contribution in [3.05, 3.63) is 29.3 Å². The zero-order chi connectivity index (χ0) is 11.7. The first-order valence-electron chi connectivity index (χ1n) is 6.86. The number of fused-ring (bicyclic) bond motifs is 1. The van der Waals surface area contributed by atoms with Crippen LogP contribution in [0, 0.1) is 5.92 Å². The Kier molecular flexibility index (Phi) is 3.06. The smallest absolute Gasteiger partial charge is 0.119 e. The van der Waals surface area contributed by atoms with Crippen molar-refractivity contribution in [3.63, 3.8) is 0 Å². The first-order valence-corrected chi connectivity index (χ1v) is 6.86. The molecular formula is C15H21NO. The molecule has 2 nitrogen and oxygen atoms in total. The molecule has 1 aliphatic heterocycles. The highest BCUT2D eigenvalue weighted by Crippen LogP contribution is 2.33. The van der Waals surface area contributed by atoms with Crippen molar-refractivity contribution in [2.75, 3.05) is 6.54 Å². The maximum atomic E-state index is 9.81. The van der Waals surface area contributed by atoms with E-state index < -0.39 is 0 Å². The summed E-state index contributed by atoms with van der Waals surface area (Å²) < 4.78 is 0. The van der Waals surface area contributed by atoms with E-state index in [4.69, 9.17) is 0 Å². The molecule has 1 heterocycles. The van der Waals surface area contributed by atoms with Gasteiger partial charge in [-0.15, -0.1) is 0 Å². The molecule has 1 aromatic rings. The summed E-state index contributed by atoms with van der Waals surface area (Å²) in [4.78, 5) is 0. The van der Waals surface area contributed by atoms with Crippen molar-refractivity contribution in [2.45, 2.75) is 44.6 Å². The zero-order valence-electron chi connectivity index (χ0n) is 10.3. The minimum Gasteiger partial charge on any atom is -0.508 e. The van der Waals surface area contributed by atoms with Crippen LogP contribution in [0.1, 0.15) is 36.8 Å². The quantitative estimate of drug-likeness (QED) is 0.820. The number of nitrogens with one attached hydrogen (secondary N) is 1. The van der Waals surface area contributed by atoms with Gasteiger partial charge in [0.25, 0.3) is 0 Å². The number of aromatic hydroxyl groups is 1. The van der Waals surface area contributed by atoms with Gasteiger partial charge in [-0.3, -0.25) is 0 Å². The standard InChI is InChI=1S/C15H21NO/c17-15-5-1-3-12-9-11(6-7-14(12)15)10-13-4-2-8-16-13/h1,3,5,11,13,16-17H,2,4,6-10H2. The number of phenolic OH excluding ortho intramolecular Hbond substituents is 1. The second-order valence-electron chi connectivity index (χ2n) is 5.55. The van der Waals surface area contributed by atoms with Gasteiger partial charge in [0.2, 0.25) is 0 Å². The largest absolute Gasteiger partial charge is 0.508 e. The van der Waals surface area contributed by atoms with E-state index in [-0.39, 0.29) is 0 Å². The molecule has 0 aromatic heterocycles. The molecular weight excluding hydrogens is 210 g/mol. The van der Waals surface area contributed by atoms with Gasteiger partial charge in [-0.05, 0) is 68.2 Å². The third-order valence-corrected chi connectivity index (χ3v) is 4.34. The van der Waals surface area contributed by atoms with Crippen molar-refractivity contribution in [1.29, 1.82) is 0 Å². The van der Waals surface area contributed by atoms with Crippen molar-refractivity contribution in [2.24, 2.45) is 5.92 Å². The van der Waals surface area contributed by atoms with Crippen LogP contribution < -0.4 is 5.32 Å². The fraction of sp³-hybridized carbons (Fsp3) is 0.600. The third kappa shape index (κ3) is 2.32. The first kappa shape index (κ1) is 11.1. The lowest BCUT2D eigenvalue weighted by atomic mass is 9.80. The summed E-state index contributed by atoms with van der Waals surface area (Å²) >= 11 is 0. The highest BCUT2D eigenvalue weighted by atomic mass is 16.3. The molecule has 2 N–H and O–H groups in total. The van der Waals surface area contributed by atoms with Gasteiger partial charge in [0.05, 0.1) is 0 Å². The van der Waals surface area contributed by atoms with Crippen LogP contribution in [0.15, 0.2) is 18.2 Å². The summed E-state index contributed by atoms with van der Waals surface area (Å²) in [6.07, 6.45) is 7.46. The highest BCUT2D eigenvalue weighted by Gasteiger charge is 2.24. The van der Waals surface area contributed by atoms with Crippen LogP contribution in [-0.4, -0.2) is 17.7 Å². The van der Waals surface area contributed by atoms with E-state index >= 15 is 0 Å². The molecule has 1 aromatic carbocycles. The van der Waals surface area contributed by atoms with Gasteiger partial charge in [0, 0.05) is 6.04 Å². The van der Waals surface area contributed by atoms with Crippen molar-refractivity contribution < 1.29 is 5.11 Å². The number of phenols is 1. The lowest BCUT2D eigenvalue weighted by Crippen LogP contribution is -2.27. The molecule has 0 bridgehead atoms. The van der Waals surface area contributed by atoms with Crippen LogP contribution in [-0.2, 0) is 12.8 Å². The Morgan fingerprint density at radius 1 is 1.29 bits per heavy atom. The molecule has 1 saturated heterocycles. The molecule has 2 unspecified atom stereocenters. The summed E-state index contributed by atoms with van der Waals surface area (Å²) in [5.74, 6) is 1.31. The lowest BCUT2D eigenvalue weighted by Gasteiger charge is -2.27. The monoisotopic (exact) mass is 231 g/mol. The molecule has 0 saturated carbocycles. The van der Waals surface area contributed by atoms with E-state index in [1.165, 1.54) is 43.4 Å². The van der Waals surface area contributed by atoms with Crippen LogP contribution in [0.5, 0.6) is 5.75 Å². The number of rotatable bonds is 2. The van der Waals surface area contributed by atoms with Crippen LogP contribution in [0.25, 0.3) is 0 Å². The summed E-state index contributed by atoms with van der Waals surface area (Å²) in [5.41, 5.74) is 2.57. The summed E-state index contributed by atoms with van der Waals surface area (Å²) in [6.45, 7) is 1.20. The third-order valence-electron chi connectivity index (χ3n) is 4.34. The van der Waals surface area contributed by atoms with Gasteiger partial charge in [-0.1, -0.05) is 12.1 Å². The van der Waals surface area contributed by atoms with E-state index in [0.29, 0.717) is 5.75 Å². The molecule has 92 valence electrons. The van der Waals surface area contributed by atoms with Crippen LogP contribution in [0.4, 0.5) is 0 Å². The fourth-order valence-corrected chi connectivity index (χ4v) is 3.42. The van der Waals surface area contributed by atoms with Crippen LogP contribution in [0.2, 0.25) is 0 Å². The molecule has 3 rings (SSSR count). The van der Waals surface area contributed by atoms with E-state index in [9.17, 15) is 5.11 Å². The van der Waals surface area contributed by atoms with Crippen LogP contribution >= 0.6 is 0 Å². The molecule has 0 amide bonds. The predicted octanol–water partition coefficient (Wildman–Crippen LogP) is 2.64. The van der Waals surface area contributed by atoms with Gasteiger partial charge in [-0.2, -0.15) is 0 Å². The Morgan fingerprint density at radius 3 is 3.06 bits per heavy atom. The summed E-state index contributed by atoms with van der Waals surface area (Å²) in [6, 6.07) is 6.73. The van der Waals surface area contributed by atoms with Gasteiger partial charge in [-0.25, -0.2) is 0 Å². The average molecular weight is 231 g/mol. The number of benzene rings is 1. The number of hydrogen-bond donors (Lipinski definition) is 2. The fourth-order valence-electron chi connectivity index (χ4n) is 3.42. The van der Waals surface area contributed by atoms with E-state index in [0.717, 1.165) is 24.8 Å². The normalized spacial score (nSPS) is 28.0. The maximum Gasteiger partial charge on any atom is 0.119 e. The topological polar surface area (TPSA) is 32.3 Å². The average Bonchev–Trinajstić information content (AvgIpc) is 2.82. The Morgan fingerprint density at radius 2 is 2.24 bits per heavy atom. The molecule has 1 aliphatic carbocycles. The van der Waals surface area contributed by atoms with Gasteiger partial charge in [0.15, 0.2) is 0 Å². The van der Waals surface area contributed by atoms with Crippen molar-refractivity contribution >= 4 is 0 Å². The van der Waals surface area contributed by atoms with E-state index in [1.54, 1.807) is 0 Å². The van der Waals surface area contributed by atoms with Gasteiger partial charge < -0.3 is 10.4 Å². The zero-order valence-corrected chi connectivity index (χ0v) is 10.3. The second kappa shape index (κ2) is 4.69. The first-order chi connectivity index (χ1) is 8.33. The van der Waals surface area contributed by atoms with E-state index in [2.05, 4.69) is 11.4 Å². The van der Waals surface area contributed by atoms with Crippen molar-refractivity contribution in [3.8, 4) is 5.75 Å². The van der Waals surface area contributed by atoms with Crippen LogP contribution in [0.3, 0.4) is 0 Å². The Bertz CT molecular complexity index is 396. The molecule has 1 fully saturated rings. The van der Waals surface area contributed by atoms with Gasteiger partial charge in [0.1, 0.15) is 5.75 Å². The Labute approximate surface area is 103 Å². The lowest BCUT2D eigenvalue weighted by molar-refractivity contribution is 0.366. The Balaban J connectivity index is 1.68. The molecule has 17 heavy (non-hydrogen) atoms. The molecule has 2 atom stereocenters.